The summed E-state index contributed by atoms with van der Waals surface area (Å²) in [6.07, 6.45) is 1.37. The second-order valence-corrected chi connectivity index (χ2v) is 2.70. The molecule has 1 saturated heterocycles. The van der Waals surface area contributed by atoms with Crippen molar-refractivity contribution in [2.24, 2.45) is 5.73 Å². The standard InChI is InChI=1S/C7H12N2O2/c8-6(10)2-1-3-7(11)9-4-5-9/h1-5H2,(H2,8,10). The molecule has 0 aromatic rings. The molecule has 0 aliphatic carbocycles. The van der Waals surface area contributed by atoms with E-state index in [0.29, 0.717) is 19.3 Å². The first-order valence-electron chi connectivity index (χ1n) is 3.76. The number of nitrogens with zero attached hydrogens (tertiary/aromatic N) is 1. The summed E-state index contributed by atoms with van der Waals surface area (Å²) in [4.78, 5) is 23.0. The van der Waals surface area contributed by atoms with Crippen LogP contribution >= 0.6 is 0 Å². The zero-order valence-electron chi connectivity index (χ0n) is 6.38. The van der Waals surface area contributed by atoms with Crippen LogP contribution in [-0.4, -0.2) is 29.8 Å². The van der Waals surface area contributed by atoms with E-state index >= 15 is 0 Å². The molecule has 0 unspecified atom stereocenters. The van der Waals surface area contributed by atoms with Gasteiger partial charge in [0.05, 0.1) is 0 Å². The van der Waals surface area contributed by atoms with Gasteiger partial charge in [-0.15, -0.1) is 0 Å². The van der Waals surface area contributed by atoms with E-state index in [-0.39, 0.29) is 11.8 Å². The zero-order valence-corrected chi connectivity index (χ0v) is 6.38. The minimum absolute atomic E-state index is 0.145. The maximum absolute atomic E-state index is 11.0. The molecular formula is C7H12N2O2. The molecule has 2 N–H and O–H groups in total. The molecule has 0 aromatic carbocycles. The third kappa shape index (κ3) is 3.02. The van der Waals surface area contributed by atoms with Crippen molar-refractivity contribution < 1.29 is 9.59 Å². The largest absolute Gasteiger partial charge is 0.370 e. The SMILES string of the molecule is NC(=O)CCCC(=O)N1CC1. The Balaban J connectivity index is 2.02. The number of amides is 2. The fourth-order valence-electron chi connectivity index (χ4n) is 0.871. The van der Waals surface area contributed by atoms with Crippen molar-refractivity contribution in [3.8, 4) is 0 Å². The Kier molecular flexibility index (Phi) is 2.46. The van der Waals surface area contributed by atoms with Crippen LogP contribution in [0, 0.1) is 0 Å². The van der Waals surface area contributed by atoms with Crippen LogP contribution in [0.4, 0.5) is 0 Å². The lowest BCUT2D eigenvalue weighted by Crippen LogP contribution is -2.13. The monoisotopic (exact) mass is 156 g/mol. The van der Waals surface area contributed by atoms with Crippen molar-refractivity contribution in [1.82, 2.24) is 4.90 Å². The number of rotatable bonds is 4. The van der Waals surface area contributed by atoms with E-state index in [1.54, 1.807) is 4.90 Å². The molecular weight excluding hydrogens is 144 g/mol. The van der Waals surface area contributed by atoms with Crippen LogP contribution in [0.25, 0.3) is 0 Å². The predicted octanol–water partition coefficient (Wildman–Crippen LogP) is -0.516. The highest BCUT2D eigenvalue weighted by atomic mass is 16.2. The van der Waals surface area contributed by atoms with Crippen LogP contribution in [0.5, 0.6) is 0 Å². The summed E-state index contributed by atoms with van der Waals surface area (Å²) in [5.74, 6) is -0.185. The molecule has 62 valence electrons. The fourth-order valence-corrected chi connectivity index (χ4v) is 0.871. The van der Waals surface area contributed by atoms with Gasteiger partial charge in [-0.25, -0.2) is 0 Å². The first kappa shape index (κ1) is 8.04. The molecule has 0 spiro atoms. The zero-order chi connectivity index (χ0) is 8.27. The van der Waals surface area contributed by atoms with Gasteiger partial charge >= 0.3 is 0 Å². The highest BCUT2D eigenvalue weighted by Gasteiger charge is 2.22. The molecule has 1 heterocycles. The van der Waals surface area contributed by atoms with Crippen LogP contribution in [0.3, 0.4) is 0 Å². The van der Waals surface area contributed by atoms with Gasteiger partial charge < -0.3 is 10.6 Å². The normalized spacial score (nSPS) is 14.7. The smallest absolute Gasteiger partial charge is 0.222 e. The van der Waals surface area contributed by atoms with Crippen molar-refractivity contribution >= 4 is 11.8 Å². The van der Waals surface area contributed by atoms with Gasteiger partial charge in [0.2, 0.25) is 11.8 Å². The van der Waals surface area contributed by atoms with Gasteiger partial charge in [-0.3, -0.25) is 9.59 Å². The van der Waals surface area contributed by atoms with E-state index in [1.165, 1.54) is 0 Å². The summed E-state index contributed by atoms with van der Waals surface area (Å²) in [6.45, 7) is 1.77. The van der Waals surface area contributed by atoms with E-state index in [1.807, 2.05) is 0 Å². The average molecular weight is 156 g/mol. The minimum Gasteiger partial charge on any atom is -0.370 e. The number of carbonyl (C=O) groups is 2. The highest BCUT2D eigenvalue weighted by Crippen LogP contribution is 2.08. The first-order chi connectivity index (χ1) is 5.20. The van der Waals surface area contributed by atoms with Crippen LogP contribution in [0.15, 0.2) is 0 Å². The van der Waals surface area contributed by atoms with Gasteiger partial charge in [-0.05, 0) is 6.42 Å². The summed E-state index contributed by atoms with van der Waals surface area (Å²) in [5.41, 5.74) is 4.91. The molecule has 4 heteroatoms. The lowest BCUT2D eigenvalue weighted by molar-refractivity contribution is -0.125. The van der Waals surface area contributed by atoms with Gasteiger partial charge in [-0.2, -0.15) is 0 Å². The number of primary amides is 1. The Morgan fingerprint density at radius 3 is 2.36 bits per heavy atom. The van der Waals surface area contributed by atoms with Gasteiger partial charge in [0, 0.05) is 25.9 Å². The maximum Gasteiger partial charge on any atom is 0.222 e. The van der Waals surface area contributed by atoms with E-state index in [4.69, 9.17) is 5.73 Å². The topological polar surface area (TPSA) is 63.2 Å². The molecule has 0 saturated carbocycles. The van der Waals surface area contributed by atoms with E-state index in [2.05, 4.69) is 0 Å². The van der Waals surface area contributed by atoms with Gasteiger partial charge in [-0.1, -0.05) is 0 Å². The lowest BCUT2D eigenvalue weighted by atomic mass is 10.2. The van der Waals surface area contributed by atoms with Crippen molar-refractivity contribution in [3.63, 3.8) is 0 Å². The number of nitrogens with two attached hydrogens (primary N) is 1. The Morgan fingerprint density at radius 1 is 1.27 bits per heavy atom. The quantitative estimate of drug-likeness (QED) is 0.557. The average Bonchev–Trinajstić information content (AvgIpc) is 2.66. The molecule has 1 fully saturated rings. The summed E-state index contributed by atoms with van der Waals surface area (Å²) in [7, 11) is 0. The Hall–Kier alpha value is -1.06. The number of hydrogen-bond acceptors (Lipinski definition) is 2. The maximum atomic E-state index is 11.0. The van der Waals surface area contributed by atoms with Gasteiger partial charge in [0.15, 0.2) is 0 Å². The van der Waals surface area contributed by atoms with Crippen molar-refractivity contribution in [2.45, 2.75) is 19.3 Å². The van der Waals surface area contributed by atoms with Gasteiger partial charge in [0.1, 0.15) is 0 Å². The molecule has 1 rings (SSSR count). The predicted molar refractivity (Wildman–Crippen MR) is 39.6 cm³/mol. The van der Waals surface area contributed by atoms with E-state index in [0.717, 1.165) is 13.1 Å². The molecule has 0 bridgehead atoms. The molecule has 1 aliphatic heterocycles. The van der Waals surface area contributed by atoms with Crippen LogP contribution in [-0.2, 0) is 9.59 Å². The molecule has 4 nitrogen and oxygen atoms in total. The van der Waals surface area contributed by atoms with E-state index in [9.17, 15) is 9.59 Å². The van der Waals surface area contributed by atoms with Crippen molar-refractivity contribution in [2.75, 3.05) is 13.1 Å². The molecule has 1 aliphatic rings. The van der Waals surface area contributed by atoms with Crippen LogP contribution in [0.2, 0.25) is 0 Å². The Bertz CT molecular complexity index is 175. The number of hydrogen-bond donors (Lipinski definition) is 1. The molecule has 0 radical (unpaired) electrons. The lowest BCUT2D eigenvalue weighted by Gasteiger charge is -1.98. The highest BCUT2D eigenvalue weighted by molar-refractivity contribution is 5.79. The van der Waals surface area contributed by atoms with Crippen LogP contribution in [0.1, 0.15) is 19.3 Å². The number of carbonyl (C=O) groups excluding carboxylic acids is 2. The first-order valence-corrected chi connectivity index (χ1v) is 3.76. The third-order valence-electron chi connectivity index (χ3n) is 1.61. The fraction of sp³-hybridized carbons (Fsp3) is 0.714. The second kappa shape index (κ2) is 3.37. The third-order valence-corrected chi connectivity index (χ3v) is 1.61. The minimum atomic E-state index is -0.330. The molecule has 11 heavy (non-hydrogen) atoms. The summed E-state index contributed by atoms with van der Waals surface area (Å²) < 4.78 is 0. The molecule has 0 aromatic heterocycles. The van der Waals surface area contributed by atoms with Crippen LogP contribution < -0.4 is 5.73 Å². The molecule has 0 atom stereocenters. The Morgan fingerprint density at radius 2 is 1.91 bits per heavy atom. The van der Waals surface area contributed by atoms with Crippen molar-refractivity contribution in [3.05, 3.63) is 0 Å². The second-order valence-electron chi connectivity index (χ2n) is 2.70. The van der Waals surface area contributed by atoms with E-state index < -0.39 is 0 Å². The summed E-state index contributed by atoms with van der Waals surface area (Å²) in [5, 5.41) is 0. The Labute approximate surface area is 65.3 Å². The molecule has 2 amide bonds. The van der Waals surface area contributed by atoms with Crippen molar-refractivity contribution in [1.29, 1.82) is 0 Å². The van der Waals surface area contributed by atoms with Gasteiger partial charge in [0.25, 0.3) is 0 Å². The summed E-state index contributed by atoms with van der Waals surface area (Å²) in [6, 6.07) is 0. The summed E-state index contributed by atoms with van der Waals surface area (Å²) >= 11 is 0.